The molecule has 0 radical (unpaired) electrons. The van der Waals surface area contributed by atoms with Crippen LogP contribution in [0.1, 0.15) is 15.9 Å². The van der Waals surface area contributed by atoms with Crippen molar-refractivity contribution in [2.24, 2.45) is 0 Å². The molecule has 0 aromatic heterocycles. The number of allylic oxidation sites excluding steroid dienone is 1. The number of fused-ring (bicyclic) bond motifs is 1. The van der Waals surface area contributed by atoms with Crippen molar-refractivity contribution in [3.63, 3.8) is 0 Å². The van der Waals surface area contributed by atoms with Gasteiger partial charge in [0.15, 0.2) is 17.3 Å². The van der Waals surface area contributed by atoms with Gasteiger partial charge >= 0.3 is 0 Å². The molecule has 0 bridgehead atoms. The van der Waals surface area contributed by atoms with E-state index in [1.807, 2.05) is 30.3 Å². The largest absolute Gasteiger partial charge is 0.496 e. The molecule has 3 aromatic carbocycles. The lowest BCUT2D eigenvalue weighted by Crippen LogP contribution is -1.98. The molecule has 0 saturated carbocycles. The van der Waals surface area contributed by atoms with Crippen LogP contribution in [0.25, 0.3) is 16.8 Å². The van der Waals surface area contributed by atoms with E-state index in [0.717, 1.165) is 16.5 Å². The van der Waals surface area contributed by atoms with E-state index in [1.165, 1.54) is 6.08 Å². The molecule has 0 aliphatic heterocycles. The Balaban J connectivity index is 2.01. The summed E-state index contributed by atoms with van der Waals surface area (Å²) in [6, 6.07) is 14.8. The molecule has 0 aliphatic rings. The van der Waals surface area contributed by atoms with Gasteiger partial charge in [-0.15, -0.1) is 0 Å². The van der Waals surface area contributed by atoms with Crippen molar-refractivity contribution in [1.82, 2.24) is 0 Å². The first-order chi connectivity index (χ1) is 13.6. The van der Waals surface area contributed by atoms with Crippen LogP contribution < -0.4 is 18.9 Å². The lowest BCUT2D eigenvalue weighted by molar-refractivity contribution is 0.104. The average Bonchev–Trinajstić information content (AvgIpc) is 2.75. The number of ketones is 1. The van der Waals surface area contributed by atoms with Crippen LogP contribution in [-0.2, 0) is 0 Å². The highest BCUT2D eigenvalue weighted by atomic mass is 16.5. The van der Waals surface area contributed by atoms with E-state index in [1.54, 1.807) is 52.7 Å². The third kappa shape index (κ3) is 3.51. The van der Waals surface area contributed by atoms with Crippen molar-refractivity contribution in [1.29, 1.82) is 0 Å². The van der Waals surface area contributed by atoms with Crippen molar-refractivity contribution in [2.75, 3.05) is 28.4 Å². The number of methoxy groups -OCH3 is 4. The van der Waals surface area contributed by atoms with E-state index >= 15 is 0 Å². The molecule has 0 fully saturated rings. The maximum Gasteiger partial charge on any atom is 0.203 e. The minimum absolute atomic E-state index is 0.115. The maximum atomic E-state index is 12.9. The molecule has 28 heavy (non-hydrogen) atoms. The summed E-state index contributed by atoms with van der Waals surface area (Å²) in [5.41, 5.74) is 1.32. The minimum atomic E-state index is -0.115. The second-order valence-electron chi connectivity index (χ2n) is 5.98. The summed E-state index contributed by atoms with van der Waals surface area (Å²) in [5.74, 6) is 2.16. The van der Waals surface area contributed by atoms with Gasteiger partial charge in [-0.25, -0.2) is 0 Å². The molecular weight excluding hydrogens is 356 g/mol. The van der Waals surface area contributed by atoms with E-state index in [9.17, 15) is 4.79 Å². The van der Waals surface area contributed by atoms with Gasteiger partial charge in [0.1, 0.15) is 5.75 Å². The Bertz CT molecular complexity index is 1040. The molecule has 3 rings (SSSR count). The molecule has 0 unspecified atom stereocenters. The Morgan fingerprint density at radius 2 is 1.36 bits per heavy atom. The predicted octanol–water partition coefficient (Wildman–Crippen LogP) is 4.77. The first kappa shape index (κ1) is 19.3. The lowest BCUT2D eigenvalue weighted by Gasteiger charge is -2.14. The van der Waals surface area contributed by atoms with Gasteiger partial charge in [0.05, 0.1) is 28.4 Å². The van der Waals surface area contributed by atoms with E-state index in [-0.39, 0.29) is 5.78 Å². The first-order valence-corrected chi connectivity index (χ1v) is 8.71. The molecule has 0 amide bonds. The number of rotatable bonds is 7. The summed E-state index contributed by atoms with van der Waals surface area (Å²) < 4.78 is 21.5. The van der Waals surface area contributed by atoms with E-state index in [4.69, 9.17) is 18.9 Å². The molecule has 5 heteroatoms. The van der Waals surface area contributed by atoms with Gasteiger partial charge in [-0.2, -0.15) is 0 Å². The number of ether oxygens (including phenoxy) is 4. The van der Waals surface area contributed by atoms with Crippen LogP contribution in [-0.4, -0.2) is 34.2 Å². The van der Waals surface area contributed by atoms with Crippen LogP contribution in [0.4, 0.5) is 0 Å². The van der Waals surface area contributed by atoms with E-state index < -0.39 is 0 Å². The van der Waals surface area contributed by atoms with Crippen molar-refractivity contribution in [3.8, 4) is 23.0 Å². The Hall–Kier alpha value is -3.47. The van der Waals surface area contributed by atoms with Crippen LogP contribution in [0.15, 0.2) is 54.6 Å². The number of hydrogen-bond acceptors (Lipinski definition) is 5. The van der Waals surface area contributed by atoms with Gasteiger partial charge in [-0.3, -0.25) is 4.79 Å². The molecule has 0 N–H and O–H groups in total. The second-order valence-corrected chi connectivity index (χ2v) is 5.98. The third-order valence-corrected chi connectivity index (χ3v) is 4.52. The molecule has 0 heterocycles. The summed E-state index contributed by atoms with van der Waals surface area (Å²) in [6.07, 6.45) is 3.24. The van der Waals surface area contributed by atoms with E-state index in [0.29, 0.717) is 28.4 Å². The summed E-state index contributed by atoms with van der Waals surface area (Å²) in [7, 11) is 6.27. The van der Waals surface area contributed by atoms with E-state index in [2.05, 4.69) is 0 Å². The normalized spacial score (nSPS) is 10.9. The van der Waals surface area contributed by atoms with Crippen molar-refractivity contribution >= 4 is 22.6 Å². The minimum Gasteiger partial charge on any atom is -0.496 e. The molecule has 0 aliphatic carbocycles. The highest BCUT2D eigenvalue weighted by Crippen LogP contribution is 2.40. The van der Waals surface area contributed by atoms with Crippen LogP contribution in [0, 0.1) is 0 Å². The fourth-order valence-corrected chi connectivity index (χ4v) is 3.18. The average molecular weight is 378 g/mol. The summed E-state index contributed by atoms with van der Waals surface area (Å²) in [4.78, 5) is 12.9. The lowest BCUT2D eigenvalue weighted by atomic mass is 10.00. The number of carbonyl (C=O) groups is 1. The topological polar surface area (TPSA) is 54.0 Å². The highest BCUT2D eigenvalue weighted by Gasteiger charge is 2.15. The van der Waals surface area contributed by atoms with Gasteiger partial charge in [-0.1, -0.05) is 24.3 Å². The molecule has 0 saturated heterocycles. The zero-order chi connectivity index (χ0) is 20.1. The summed E-state index contributed by atoms with van der Waals surface area (Å²) >= 11 is 0. The highest BCUT2D eigenvalue weighted by molar-refractivity contribution is 6.15. The first-order valence-electron chi connectivity index (χ1n) is 8.71. The third-order valence-electron chi connectivity index (χ3n) is 4.52. The Labute approximate surface area is 164 Å². The zero-order valence-corrected chi connectivity index (χ0v) is 16.3. The zero-order valence-electron chi connectivity index (χ0n) is 16.3. The number of benzene rings is 3. The molecule has 0 atom stereocenters. The summed E-state index contributed by atoms with van der Waals surface area (Å²) in [6.45, 7) is 0. The monoisotopic (exact) mass is 378 g/mol. The predicted molar refractivity (Wildman–Crippen MR) is 110 cm³/mol. The molecule has 5 nitrogen and oxygen atoms in total. The maximum absolute atomic E-state index is 12.9. The number of hydrogen-bond donors (Lipinski definition) is 0. The van der Waals surface area contributed by atoms with Crippen molar-refractivity contribution in [3.05, 3.63) is 65.7 Å². The fourth-order valence-electron chi connectivity index (χ4n) is 3.18. The molecule has 144 valence electrons. The van der Waals surface area contributed by atoms with Gasteiger partial charge in [0.2, 0.25) is 5.75 Å². The fraction of sp³-hybridized carbons (Fsp3) is 0.174. The molecule has 0 spiro atoms. The Kier molecular flexibility index (Phi) is 5.84. The van der Waals surface area contributed by atoms with Crippen LogP contribution in [0.2, 0.25) is 0 Å². The molecule has 3 aromatic rings. The quantitative estimate of drug-likeness (QED) is 0.438. The summed E-state index contributed by atoms with van der Waals surface area (Å²) in [5, 5.41) is 1.74. The second kappa shape index (κ2) is 8.48. The van der Waals surface area contributed by atoms with Crippen molar-refractivity contribution in [2.45, 2.75) is 0 Å². The SMILES string of the molecule is COc1ccc(/C=C/C(=O)c2ccc(OC)c3ccccc23)c(OC)c1OC. The Morgan fingerprint density at radius 1 is 0.714 bits per heavy atom. The van der Waals surface area contributed by atoms with Crippen molar-refractivity contribution < 1.29 is 23.7 Å². The van der Waals surface area contributed by atoms with Gasteiger partial charge < -0.3 is 18.9 Å². The van der Waals surface area contributed by atoms with Crippen LogP contribution >= 0.6 is 0 Å². The van der Waals surface area contributed by atoms with Gasteiger partial charge in [0.25, 0.3) is 0 Å². The Morgan fingerprint density at radius 3 is 2.00 bits per heavy atom. The van der Waals surface area contributed by atoms with Gasteiger partial charge in [-0.05, 0) is 41.8 Å². The molecular formula is C23H22O5. The van der Waals surface area contributed by atoms with Crippen LogP contribution in [0.5, 0.6) is 23.0 Å². The smallest absolute Gasteiger partial charge is 0.203 e. The van der Waals surface area contributed by atoms with Gasteiger partial charge in [0, 0.05) is 16.5 Å². The van der Waals surface area contributed by atoms with Crippen LogP contribution in [0.3, 0.4) is 0 Å². The number of carbonyl (C=O) groups excluding carboxylic acids is 1. The standard InChI is InChI=1S/C23H22O5/c1-25-20-14-11-17(16-7-5-6-8-18(16)20)19(24)12-9-15-10-13-21(26-2)23(28-4)22(15)27-3/h5-14H,1-4H3/b12-9+.